The third kappa shape index (κ3) is 2.38. The number of aryl methyl sites for hydroxylation is 2. The number of benzene rings is 1. The van der Waals surface area contributed by atoms with Crippen LogP contribution in [0.3, 0.4) is 0 Å². The van der Waals surface area contributed by atoms with E-state index in [0.717, 1.165) is 24.0 Å². The molecule has 3 atom stereocenters. The average Bonchev–Trinajstić information content (AvgIpc) is 3.06. The Bertz CT molecular complexity index is 764. The molecular formula is C21H26N4. The molecule has 0 unspecified atom stereocenters. The normalized spacial score (nSPS) is 33.5. The summed E-state index contributed by atoms with van der Waals surface area (Å²) in [6.45, 7) is 7.86. The molecule has 4 aliphatic heterocycles. The molecule has 5 heterocycles. The quantitative estimate of drug-likeness (QED) is 0.844. The average molecular weight is 334 g/mol. The van der Waals surface area contributed by atoms with E-state index < -0.39 is 0 Å². The number of fused-ring (bicyclic) bond motifs is 2. The molecular weight excluding hydrogens is 308 g/mol. The van der Waals surface area contributed by atoms with Crippen molar-refractivity contribution >= 4 is 5.82 Å². The van der Waals surface area contributed by atoms with Gasteiger partial charge in [-0.3, -0.25) is 9.88 Å². The van der Waals surface area contributed by atoms with Crippen molar-refractivity contribution in [3.63, 3.8) is 0 Å². The van der Waals surface area contributed by atoms with E-state index in [9.17, 15) is 0 Å². The number of nitrogens with zero attached hydrogens (tertiary/aromatic N) is 4. The smallest absolute Gasteiger partial charge is 0.150 e. The highest BCUT2D eigenvalue weighted by molar-refractivity contribution is 5.49. The summed E-state index contributed by atoms with van der Waals surface area (Å²) in [7, 11) is 0. The van der Waals surface area contributed by atoms with E-state index in [1.165, 1.54) is 37.1 Å². The van der Waals surface area contributed by atoms with Crippen molar-refractivity contribution in [2.24, 2.45) is 5.92 Å². The zero-order chi connectivity index (χ0) is 17.0. The summed E-state index contributed by atoms with van der Waals surface area (Å²) in [5.41, 5.74) is 3.88. The van der Waals surface area contributed by atoms with E-state index >= 15 is 0 Å². The monoisotopic (exact) mass is 334 g/mol. The lowest BCUT2D eigenvalue weighted by Gasteiger charge is -2.51. The Hall–Kier alpha value is -1.94. The predicted molar refractivity (Wildman–Crippen MR) is 99.9 cm³/mol. The lowest BCUT2D eigenvalue weighted by molar-refractivity contribution is 0.0354. The highest BCUT2D eigenvalue weighted by Crippen LogP contribution is 2.47. The van der Waals surface area contributed by atoms with E-state index in [2.05, 4.69) is 52.9 Å². The lowest BCUT2D eigenvalue weighted by Crippen LogP contribution is -2.60. The molecule has 2 aromatic rings. The molecule has 1 aromatic heterocycles. The topological polar surface area (TPSA) is 32.3 Å². The van der Waals surface area contributed by atoms with Gasteiger partial charge in [0.1, 0.15) is 5.82 Å². The minimum absolute atomic E-state index is 0.565. The summed E-state index contributed by atoms with van der Waals surface area (Å²) in [5, 5.41) is 0. The molecule has 2 bridgehead atoms. The third-order valence-electron chi connectivity index (χ3n) is 6.63. The standard InChI is InChI=1S/C21H26N4/c1-14-3-5-16(6-4-14)18-13-25(21-15(2)22-9-10-23-21)19-17-7-11-24(12-8-17)20(18)19/h3-6,9-10,17-20H,7-8,11-13H2,1-2H3/t18-,19-,20-/m1/s1. The van der Waals surface area contributed by atoms with Crippen LogP contribution in [0.2, 0.25) is 0 Å². The van der Waals surface area contributed by atoms with Crippen molar-refractivity contribution in [2.75, 3.05) is 24.5 Å². The first kappa shape index (κ1) is 15.3. The minimum atomic E-state index is 0.565. The molecule has 4 heteroatoms. The Morgan fingerprint density at radius 1 is 0.920 bits per heavy atom. The van der Waals surface area contributed by atoms with Gasteiger partial charge in [0.2, 0.25) is 0 Å². The van der Waals surface area contributed by atoms with Crippen LogP contribution in [0, 0.1) is 19.8 Å². The van der Waals surface area contributed by atoms with Crippen LogP contribution >= 0.6 is 0 Å². The van der Waals surface area contributed by atoms with Crippen molar-refractivity contribution in [2.45, 2.75) is 44.7 Å². The third-order valence-corrected chi connectivity index (χ3v) is 6.63. The second-order valence-corrected chi connectivity index (χ2v) is 7.99. The molecule has 4 fully saturated rings. The van der Waals surface area contributed by atoms with Gasteiger partial charge in [0, 0.05) is 36.9 Å². The summed E-state index contributed by atoms with van der Waals surface area (Å²) < 4.78 is 0. The SMILES string of the molecule is Cc1ccc([C@H]2CN(c3nccnc3C)[C@@H]3C4CCN(CC4)[C@H]23)cc1. The fourth-order valence-corrected chi connectivity index (χ4v) is 5.45. The van der Waals surface area contributed by atoms with Gasteiger partial charge in [-0.2, -0.15) is 0 Å². The molecule has 0 amide bonds. The minimum Gasteiger partial charge on any atom is -0.350 e. The molecule has 0 radical (unpaired) electrons. The molecule has 0 spiro atoms. The molecule has 1 aromatic carbocycles. The summed E-state index contributed by atoms with van der Waals surface area (Å²) in [6.07, 6.45) is 6.31. The number of aromatic nitrogens is 2. The van der Waals surface area contributed by atoms with Gasteiger partial charge in [-0.25, -0.2) is 4.98 Å². The van der Waals surface area contributed by atoms with Gasteiger partial charge in [0.05, 0.1) is 5.69 Å². The number of anilines is 1. The zero-order valence-electron chi connectivity index (χ0n) is 15.1. The Morgan fingerprint density at radius 2 is 1.64 bits per heavy atom. The second kappa shape index (κ2) is 5.80. The maximum Gasteiger partial charge on any atom is 0.150 e. The lowest BCUT2D eigenvalue weighted by atomic mass is 9.75. The zero-order valence-corrected chi connectivity index (χ0v) is 15.1. The van der Waals surface area contributed by atoms with Gasteiger partial charge in [0.15, 0.2) is 0 Å². The van der Waals surface area contributed by atoms with E-state index in [1.807, 2.05) is 6.20 Å². The van der Waals surface area contributed by atoms with Crippen LogP contribution in [0.1, 0.15) is 35.6 Å². The molecule has 4 saturated heterocycles. The van der Waals surface area contributed by atoms with Crippen LogP contribution in [0.4, 0.5) is 5.82 Å². The number of rotatable bonds is 2. The van der Waals surface area contributed by atoms with Crippen LogP contribution in [0.25, 0.3) is 0 Å². The summed E-state index contributed by atoms with van der Waals surface area (Å²) in [4.78, 5) is 14.6. The van der Waals surface area contributed by atoms with Crippen molar-refractivity contribution in [1.29, 1.82) is 0 Å². The highest BCUT2D eigenvalue weighted by Gasteiger charge is 2.53. The molecule has 25 heavy (non-hydrogen) atoms. The van der Waals surface area contributed by atoms with Gasteiger partial charge in [-0.1, -0.05) is 29.8 Å². The van der Waals surface area contributed by atoms with Crippen molar-refractivity contribution in [1.82, 2.24) is 14.9 Å². The molecule has 0 saturated carbocycles. The Kier molecular flexibility index (Phi) is 3.56. The van der Waals surface area contributed by atoms with Crippen LogP contribution in [-0.2, 0) is 0 Å². The fraction of sp³-hybridized carbons (Fsp3) is 0.524. The Morgan fingerprint density at radius 3 is 2.36 bits per heavy atom. The van der Waals surface area contributed by atoms with Gasteiger partial charge >= 0.3 is 0 Å². The van der Waals surface area contributed by atoms with Gasteiger partial charge in [0.25, 0.3) is 0 Å². The fourth-order valence-electron chi connectivity index (χ4n) is 5.45. The van der Waals surface area contributed by atoms with Crippen molar-refractivity contribution in [3.05, 3.63) is 53.5 Å². The molecule has 130 valence electrons. The van der Waals surface area contributed by atoms with Crippen molar-refractivity contribution < 1.29 is 0 Å². The number of piperidine rings is 3. The molecule has 4 nitrogen and oxygen atoms in total. The Labute approximate surface area is 149 Å². The molecule has 4 aliphatic rings. The largest absolute Gasteiger partial charge is 0.350 e. The van der Waals surface area contributed by atoms with Gasteiger partial charge in [-0.15, -0.1) is 0 Å². The summed E-state index contributed by atoms with van der Waals surface area (Å²) in [6, 6.07) is 10.4. The second-order valence-electron chi connectivity index (χ2n) is 7.99. The van der Waals surface area contributed by atoms with E-state index in [4.69, 9.17) is 4.98 Å². The van der Waals surface area contributed by atoms with E-state index in [0.29, 0.717) is 18.0 Å². The maximum atomic E-state index is 4.72. The van der Waals surface area contributed by atoms with Gasteiger partial charge in [-0.05, 0) is 51.3 Å². The summed E-state index contributed by atoms with van der Waals surface area (Å²) >= 11 is 0. The molecule has 6 rings (SSSR count). The number of hydrogen-bond donors (Lipinski definition) is 0. The first-order valence-corrected chi connectivity index (χ1v) is 9.57. The van der Waals surface area contributed by atoms with Crippen LogP contribution in [0.5, 0.6) is 0 Å². The predicted octanol–water partition coefficient (Wildman–Crippen LogP) is 3.16. The first-order chi connectivity index (χ1) is 12.2. The van der Waals surface area contributed by atoms with Gasteiger partial charge < -0.3 is 4.90 Å². The highest BCUT2D eigenvalue weighted by atomic mass is 15.3. The Balaban J connectivity index is 1.57. The summed E-state index contributed by atoms with van der Waals surface area (Å²) in [5.74, 6) is 2.46. The van der Waals surface area contributed by atoms with E-state index in [1.54, 1.807) is 6.20 Å². The van der Waals surface area contributed by atoms with Crippen LogP contribution in [-0.4, -0.2) is 46.6 Å². The van der Waals surface area contributed by atoms with E-state index in [-0.39, 0.29) is 0 Å². The maximum absolute atomic E-state index is 4.72. The van der Waals surface area contributed by atoms with Crippen LogP contribution < -0.4 is 4.90 Å². The number of hydrogen-bond acceptors (Lipinski definition) is 4. The molecule has 0 N–H and O–H groups in total. The first-order valence-electron chi connectivity index (χ1n) is 9.57. The van der Waals surface area contributed by atoms with Crippen molar-refractivity contribution in [3.8, 4) is 0 Å². The van der Waals surface area contributed by atoms with Crippen LogP contribution in [0.15, 0.2) is 36.7 Å². The molecule has 0 aliphatic carbocycles.